The number of hydrogen-bond donors (Lipinski definition) is 1. The number of fused-ring (bicyclic) bond motifs is 1. The molecule has 0 bridgehead atoms. The molecule has 3 aromatic carbocycles. The van der Waals surface area contributed by atoms with Crippen molar-refractivity contribution in [2.24, 2.45) is 0 Å². The Morgan fingerprint density at radius 2 is 1.64 bits per heavy atom. The Balaban J connectivity index is 1.44. The van der Waals surface area contributed by atoms with Gasteiger partial charge >= 0.3 is 6.09 Å². The van der Waals surface area contributed by atoms with Gasteiger partial charge < -0.3 is 14.2 Å². The topological polar surface area (TPSA) is 49.7 Å². The number of amides is 1. The molecule has 0 aliphatic carbocycles. The lowest BCUT2D eigenvalue weighted by Gasteiger charge is -2.32. The normalized spacial score (nSPS) is 14.8. The van der Waals surface area contributed by atoms with E-state index >= 15 is 0 Å². The largest absolute Gasteiger partial charge is 0.417 e. The molecule has 1 saturated heterocycles. The van der Waals surface area contributed by atoms with Crippen molar-refractivity contribution in [2.45, 2.75) is 13.1 Å². The first-order chi connectivity index (χ1) is 17.5. The van der Waals surface area contributed by atoms with Crippen LogP contribution in [0.4, 0.5) is 10.5 Å². The zero-order chi connectivity index (χ0) is 25.1. The van der Waals surface area contributed by atoms with Crippen molar-refractivity contribution < 1.29 is 9.53 Å². The van der Waals surface area contributed by atoms with Gasteiger partial charge in [-0.15, -0.1) is 0 Å². The molecule has 1 aliphatic rings. The molecule has 0 unspecified atom stereocenters. The number of nitrogens with one attached hydrogen (secondary N) is 1. The Kier molecular flexibility index (Phi) is 7.48. The summed E-state index contributed by atoms with van der Waals surface area (Å²) < 4.78 is 7.59. The SMILES string of the molecule is CN1CCN(Cc2cn(Cc3c(Cl)cccc3Cl)c3ccc(NC(=O)Oc4ccccc4)cc23)CC1. The molecule has 36 heavy (non-hydrogen) atoms. The van der Waals surface area contributed by atoms with E-state index in [-0.39, 0.29) is 0 Å². The molecule has 4 aromatic rings. The highest BCUT2D eigenvalue weighted by Gasteiger charge is 2.18. The number of halogens is 2. The molecular weight excluding hydrogens is 495 g/mol. The van der Waals surface area contributed by atoms with Crippen molar-refractivity contribution in [2.75, 3.05) is 38.5 Å². The average molecular weight is 523 g/mol. The molecule has 6 nitrogen and oxygen atoms in total. The van der Waals surface area contributed by atoms with Crippen LogP contribution in [0.15, 0.2) is 72.9 Å². The van der Waals surface area contributed by atoms with Gasteiger partial charge in [-0.05, 0) is 55.1 Å². The van der Waals surface area contributed by atoms with Gasteiger partial charge in [-0.1, -0.05) is 47.5 Å². The second-order valence-electron chi connectivity index (χ2n) is 9.12. The minimum atomic E-state index is -0.525. The van der Waals surface area contributed by atoms with Gasteiger partial charge in [0.1, 0.15) is 5.75 Å². The second-order valence-corrected chi connectivity index (χ2v) is 9.94. The van der Waals surface area contributed by atoms with E-state index in [1.807, 2.05) is 54.6 Å². The first-order valence-electron chi connectivity index (χ1n) is 12.0. The van der Waals surface area contributed by atoms with Gasteiger partial charge in [0.25, 0.3) is 0 Å². The summed E-state index contributed by atoms with van der Waals surface area (Å²) in [5.41, 5.74) is 3.81. The molecule has 0 radical (unpaired) electrons. The van der Waals surface area contributed by atoms with Gasteiger partial charge in [0.2, 0.25) is 0 Å². The summed E-state index contributed by atoms with van der Waals surface area (Å²) in [5.74, 6) is 0.495. The molecule has 0 saturated carbocycles. The number of nitrogens with zero attached hydrogens (tertiary/aromatic N) is 3. The third-order valence-corrected chi connectivity index (χ3v) is 7.25. The van der Waals surface area contributed by atoms with Crippen LogP contribution in [0.25, 0.3) is 10.9 Å². The molecule has 1 N–H and O–H groups in total. The smallest absolute Gasteiger partial charge is 0.410 e. The molecule has 0 spiro atoms. The minimum Gasteiger partial charge on any atom is -0.410 e. The van der Waals surface area contributed by atoms with E-state index in [4.69, 9.17) is 27.9 Å². The number of carbonyl (C=O) groups excluding carboxylic acids is 1. The zero-order valence-corrected chi connectivity index (χ0v) is 21.6. The molecule has 2 heterocycles. The van der Waals surface area contributed by atoms with Crippen LogP contribution in [0.1, 0.15) is 11.1 Å². The highest BCUT2D eigenvalue weighted by atomic mass is 35.5. The van der Waals surface area contributed by atoms with Crippen LogP contribution in [0.2, 0.25) is 10.0 Å². The maximum atomic E-state index is 12.5. The Morgan fingerprint density at radius 3 is 2.36 bits per heavy atom. The quantitative estimate of drug-likeness (QED) is 0.320. The molecule has 186 valence electrons. The number of carbonyl (C=O) groups is 1. The fourth-order valence-corrected chi connectivity index (χ4v) is 5.06. The van der Waals surface area contributed by atoms with Gasteiger partial charge in [0.05, 0.1) is 6.54 Å². The van der Waals surface area contributed by atoms with Crippen molar-refractivity contribution in [1.29, 1.82) is 0 Å². The number of piperazine rings is 1. The lowest BCUT2D eigenvalue weighted by atomic mass is 10.1. The van der Waals surface area contributed by atoms with E-state index < -0.39 is 6.09 Å². The maximum Gasteiger partial charge on any atom is 0.417 e. The first kappa shape index (κ1) is 24.7. The average Bonchev–Trinajstić information content (AvgIpc) is 3.19. The molecule has 1 amide bonds. The van der Waals surface area contributed by atoms with Crippen LogP contribution in [-0.4, -0.2) is 53.7 Å². The van der Waals surface area contributed by atoms with Crippen molar-refractivity contribution in [1.82, 2.24) is 14.4 Å². The molecule has 5 rings (SSSR count). The summed E-state index contributed by atoms with van der Waals surface area (Å²) in [6, 6.07) is 20.5. The standard InChI is InChI=1S/C28H28Cl2N4O2/c1-32-12-14-33(15-13-32)17-20-18-34(19-24-25(29)8-5-9-26(24)30)27-11-10-21(16-23(20)27)31-28(35)36-22-6-3-2-4-7-22/h2-11,16,18H,12-15,17,19H2,1H3,(H,31,35). The van der Waals surface area contributed by atoms with Crippen LogP contribution in [0.3, 0.4) is 0 Å². The molecule has 1 fully saturated rings. The third kappa shape index (κ3) is 5.68. The van der Waals surface area contributed by atoms with Gasteiger partial charge in [0, 0.05) is 71.1 Å². The van der Waals surface area contributed by atoms with Crippen LogP contribution >= 0.6 is 23.2 Å². The number of likely N-dealkylation sites (N-methyl/N-ethyl adjacent to an activating group) is 1. The van der Waals surface area contributed by atoms with E-state index in [9.17, 15) is 4.79 Å². The maximum absolute atomic E-state index is 12.5. The highest BCUT2D eigenvalue weighted by molar-refractivity contribution is 6.36. The molecular formula is C28H28Cl2N4O2. The van der Waals surface area contributed by atoms with Crippen molar-refractivity contribution >= 4 is 45.9 Å². The van der Waals surface area contributed by atoms with Crippen molar-refractivity contribution in [3.63, 3.8) is 0 Å². The van der Waals surface area contributed by atoms with E-state index in [0.717, 1.165) is 49.2 Å². The summed E-state index contributed by atoms with van der Waals surface area (Å²) in [6.45, 7) is 5.51. The number of aromatic nitrogens is 1. The Morgan fingerprint density at radius 1 is 0.917 bits per heavy atom. The number of anilines is 1. The van der Waals surface area contributed by atoms with E-state index in [1.54, 1.807) is 12.1 Å². The second kappa shape index (κ2) is 10.9. The van der Waals surface area contributed by atoms with Crippen molar-refractivity contribution in [3.8, 4) is 5.75 Å². The Labute approximate surface area is 221 Å². The van der Waals surface area contributed by atoms with E-state index in [0.29, 0.717) is 28.0 Å². The number of rotatable bonds is 6. The number of para-hydroxylation sites is 1. The summed E-state index contributed by atoms with van der Waals surface area (Å²) in [6.07, 6.45) is 1.65. The summed E-state index contributed by atoms with van der Waals surface area (Å²) in [7, 11) is 2.16. The lowest BCUT2D eigenvalue weighted by Crippen LogP contribution is -2.43. The van der Waals surface area contributed by atoms with Crippen LogP contribution < -0.4 is 10.1 Å². The van der Waals surface area contributed by atoms with Crippen LogP contribution in [0, 0.1) is 0 Å². The number of ether oxygens (including phenoxy) is 1. The third-order valence-electron chi connectivity index (χ3n) is 6.54. The molecule has 1 aliphatic heterocycles. The Bertz CT molecular complexity index is 1340. The highest BCUT2D eigenvalue weighted by Crippen LogP contribution is 2.31. The summed E-state index contributed by atoms with van der Waals surface area (Å²) in [5, 5.41) is 5.23. The minimum absolute atomic E-state index is 0.495. The fraction of sp³-hybridized carbons (Fsp3) is 0.250. The summed E-state index contributed by atoms with van der Waals surface area (Å²) in [4.78, 5) is 17.3. The van der Waals surface area contributed by atoms with Crippen LogP contribution in [0.5, 0.6) is 5.75 Å². The van der Waals surface area contributed by atoms with Gasteiger partial charge in [-0.2, -0.15) is 0 Å². The fourth-order valence-electron chi connectivity index (χ4n) is 4.55. The monoisotopic (exact) mass is 522 g/mol. The Hall–Kier alpha value is -3.03. The number of benzene rings is 3. The number of hydrogen-bond acceptors (Lipinski definition) is 4. The lowest BCUT2D eigenvalue weighted by molar-refractivity contribution is 0.148. The van der Waals surface area contributed by atoms with Crippen LogP contribution in [-0.2, 0) is 13.1 Å². The van der Waals surface area contributed by atoms with E-state index in [1.165, 1.54) is 5.56 Å². The molecule has 1 aromatic heterocycles. The van der Waals surface area contributed by atoms with E-state index in [2.05, 4.69) is 32.9 Å². The van der Waals surface area contributed by atoms with Gasteiger partial charge in [0.15, 0.2) is 0 Å². The van der Waals surface area contributed by atoms with Gasteiger partial charge in [-0.25, -0.2) is 4.79 Å². The molecule has 8 heteroatoms. The first-order valence-corrected chi connectivity index (χ1v) is 12.7. The zero-order valence-electron chi connectivity index (χ0n) is 20.1. The summed E-state index contributed by atoms with van der Waals surface area (Å²) >= 11 is 13.0. The van der Waals surface area contributed by atoms with Gasteiger partial charge in [-0.3, -0.25) is 10.2 Å². The predicted octanol–water partition coefficient (Wildman–Crippen LogP) is 6.35. The predicted molar refractivity (Wildman–Crippen MR) is 146 cm³/mol. The molecule has 0 atom stereocenters. The van der Waals surface area contributed by atoms with Crippen molar-refractivity contribution in [3.05, 3.63) is 94.1 Å².